The lowest BCUT2D eigenvalue weighted by atomic mass is 9.82. The van der Waals surface area contributed by atoms with E-state index in [9.17, 15) is 4.79 Å². The van der Waals surface area contributed by atoms with Crippen LogP contribution in [0.4, 0.5) is 0 Å². The van der Waals surface area contributed by atoms with Crippen LogP contribution in [-0.2, 0) is 6.54 Å². The molecule has 1 saturated carbocycles. The standard InChI is InChI=1S/C15H23N3O/c1-11-3-2-4-12(7-11)10-18-15(19)13-5-6-17-14(8-13)9-16/h5-6,8,11-12H,2-4,7,9-10,16H2,1H3,(H,18,19). The van der Waals surface area contributed by atoms with Crippen LogP contribution in [-0.4, -0.2) is 17.4 Å². The topological polar surface area (TPSA) is 68.0 Å². The molecule has 2 unspecified atom stereocenters. The molecule has 0 spiro atoms. The highest BCUT2D eigenvalue weighted by Gasteiger charge is 2.19. The van der Waals surface area contributed by atoms with Crippen LogP contribution in [0, 0.1) is 11.8 Å². The van der Waals surface area contributed by atoms with Gasteiger partial charge in [0.15, 0.2) is 0 Å². The number of amides is 1. The summed E-state index contributed by atoms with van der Waals surface area (Å²) < 4.78 is 0. The first-order chi connectivity index (χ1) is 9.19. The number of pyridine rings is 1. The molecule has 3 N–H and O–H groups in total. The molecule has 1 aliphatic carbocycles. The van der Waals surface area contributed by atoms with Gasteiger partial charge in [-0.1, -0.05) is 19.8 Å². The average molecular weight is 261 g/mol. The van der Waals surface area contributed by atoms with Crippen molar-refractivity contribution in [3.05, 3.63) is 29.6 Å². The molecule has 0 aliphatic heterocycles. The molecule has 0 bridgehead atoms. The van der Waals surface area contributed by atoms with Crippen molar-refractivity contribution in [2.75, 3.05) is 6.54 Å². The maximum Gasteiger partial charge on any atom is 0.251 e. The SMILES string of the molecule is CC1CCCC(CNC(=O)c2ccnc(CN)c2)C1. The summed E-state index contributed by atoms with van der Waals surface area (Å²) in [6.07, 6.45) is 6.71. The van der Waals surface area contributed by atoms with Crippen LogP contribution in [0.5, 0.6) is 0 Å². The minimum Gasteiger partial charge on any atom is -0.352 e. The molecule has 4 heteroatoms. The fourth-order valence-corrected chi connectivity index (χ4v) is 2.82. The average Bonchev–Trinajstić information content (AvgIpc) is 2.45. The molecule has 2 rings (SSSR count). The van der Waals surface area contributed by atoms with Crippen LogP contribution < -0.4 is 11.1 Å². The summed E-state index contributed by atoms with van der Waals surface area (Å²) >= 11 is 0. The molecular weight excluding hydrogens is 238 g/mol. The number of nitrogens with two attached hydrogens (primary N) is 1. The highest BCUT2D eigenvalue weighted by atomic mass is 16.1. The van der Waals surface area contributed by atoms with E-state index in [0.717, 1.165) is 18.2 Å². The highest BCUT2D eigenvalue weighted by Crippen LogP contribution is 2.27. The van der Waals surface area contributed by atoms with Crippen LogP contribution in [0.2, 0.25) is 0 Å². The normalized spacial score (nSPS) is 23.1. The number of hydrogen-bond acceptors (Lipinski definition) is 3. The van der Waals surface area contributed by atoms with Crippen molar-refractivity contribution in [1.29, 1.82) is 0 Å². The van der Waals surface area contributed by atoms with E-state index in [2.05, 4.69) is 17.2 Å². The van der Waals surface area contributed by atoms with Crippen LogP contribution in [0.25, 0.3) is 0 Å². The smallest absolute Gasteiger partial charge is 0.251 e. The van der Waals surface area contributed by atoms with Crippen LogP contribution in [0.15, 0.2) is 18.3 Å². The van der Waals surface area contributed by atoms with Crippen LogP contribution >= 0.6 is 0 Å². The zero-order valence-corrected chi connectivity index (χ0v) is 11.6. The largest absolute Gasteiger partial charge is 0.352 e. The summed E-state index contributed by atoms with van der Waals surface area (Å²) in [5.74, 6) is 1.40. The Labute approximate surface area is 114 Å². The summed E-state index contributed by atoms with van der Waals surface area (Å²) in [6.45, 7) is 3.44. The minimum absolute atomic E-state index is 0.0182. The molecular formula is C15H23N3O. The van der Waals surface area contributed by atoms with Crippen molar-refractivity contribution in [1.82, 2.24) is 10.3 Å². The van der Waals surface area contributed by atoms with Gasteiger partial charge in [0.1, 0.15) is 0 Å². The van der Waals surface area contributed by atoms with Gasteiger partial charge in [-0.3, -0.25) is 9.78 Å². The first-order valence-corrected chi connectivity index (χ1v) is 7.12. The third kappa shape index (κ3) is 4.03. The van der Waals surface area contributed by atoms with Crippen LogP contribution in [0.3, 0.4) is 0 Å². The zero-order valence-electron chi connectivity index (χ0n) is 11.6. The summed E-state index contributed by atoms with van der Waals surface area (Å²) in [4.78, 5) is 16.2. The predicted molar refractivity (Wildman–Crippen MR) is 75.6 cm³/mol. The van der Waals surface area contributed by atoms with Crippen molar-refractivity contribution in [3.63, 3.8) is 0 Å². The lowest BCUT2D eigenvalue weighted by Crippen LogP contribution is -2.31. The van der Waals surface area contributed by atoms with Gasteiger partial charge in [-0.2, -0.15) is 0 Å². The second kappa shape index (κ2) is 6.66. The molecule has 1 aromatic heterocycles. The third-order valence-electron chi connectivity index (χ3n) is 3.88. The van der Waals surface area contributed by atoms with Gasteiger partial charge in [0.25, 0.3) is 5.91 Å². The van der Waals surface area contributed by atoms with Gasteiger partial charge in [-0.05, 0) is 36.8 Å². The summed E-state index contributed by atoms with van der Waals surface area (Å²) in [5.41, 5.74) is 6.93. The molecule has 1 heterocycles. The quantitative estimate of drug-likeness (QED) is 0.872. The molecule has 1 aliphatic rings. The highest BCUT2D eigenvalue weighted by molar-refractivity contribution is 5.94. The predicted octanol–water partition coefficient (Wildman–Crippen LogP) is 2.10. The van der Waals surface area contributed by atoms with E-state index < -0.39 is 0 Å². The number of hydrogen-bond donors (Lipinski definition) is 2. The Hall–Kier alpha value is -1.42. The Morgan fingerprint density at radius 1 is 1.53 bits per heavy atom. The minimum atomic E-state index is -0.0182. The van der Waals surface area contributed by atoms with Crippen molar-refractivity contribution in [2.45, 2.75) is 39.2 Å². The van der Waals surface area contributed by atoms with Crippen molar-refractivity contribution < 1.29 is 4.79 Å². The lowest BCUT2D eigenvalue weighted by molar-refractivity contribution is 0.0940. The molecule has 1 amide bonds. The molecule has 1 aromatic rings. The first-order valence-electron chi connectivity index (χ1n) is 7.12. The number of nitrogens with one attached hydrogen (secondary N) is 1. The number of aromatic nitrogens is 1. The van der Waals surface area contributed by atoms with Crippen molar-refractivity contribution in [2.24, 2.45) is 17.6 Å². The molecule has 0 saturated heterocycles. The zero-order chi connectivity index (χ0) is 13.7. The Kier molecular flexibility index (Phi) is 4.91. The van der Waals surface area contributed by atoms with E-state index in [0.29, 0.717) is 18.0 Å². The van der Waals surface area contributed by atoms with E-state index >= 15 is 0 Å². The van der Waals surface area contributed by atoms with Gasteiger partial charge in [0.05, 0.1) is 5.69 Å². The maximum atomic E-state index is 12.1. The fraction of sp³-hybridized carbons (Fsp3) is 0.600. The van der Waals surface area contributed by atoms with Gasteiger partial charge < -0.3 is 11.1 Å². The maximum absolute atomic E-state index is 12.1. The van der Waals surface area contributed by atoms with Crippen molar-refractivity contribution in [3.8, 4) is 0 Å². The Morgan fingerprint density at radius 3 is 3.11 bits per heavy atom. The van der Waals surface area contributed by atoms with E-state index in [4.69, 9.17) is 5.73 Å². The first kappa shape index (κ1) is 14.0. The van der Waals surface area contributed by atoms with Gasteiger partial charge in [-0.25, -0.2) is 0 Å². The summed E-state index contributed by atoms with van der Waals surface area (Å²) in [7, 11) is 0. The second-order valence-corrected chi connectivity index (χ2v) is 5.59. The third-order valence-corrected chi connectivity index (χ3v) is 3.88. The monoisotopic (exact) mass is 261 g/mol. The molecule has 0 aromatic carbocycles. The van der Waals surface area contributed by atoms with Gasteiger partial charge in [0, 0.05) is 24.8 Å². The molecule has 4 nitrogen and oxygen atoms in total. The number of nitrogens with zero attached hydrogens (tertiary/aromatic N) is 1. The molecule has 19 heavy (non-hydrogen) atoms. The molecule has 0 radical (unpaired) electrons. The molecule has 104 valence electrons. The summed E-state index contributed by atoms with van der Waals surface area (Å²) in [5, 5.41) is 3.03. The molecule has 1 fully saturated rings. The van der Waals surface area contributed by atoms with E-state index in [1.54, 1.807) is 18.3 Å². The van der Waals surface area contributed by atoms with Crippen molar-refractivity contribution >= 4 is 5.91 Å². The Bertz CT molecular complexity index is 433. The Morgan fingerprint density at radius 2 is 2.37 bits per heavy atom. The second-order valence-electron chi connectivity index (χ2n) is 5.59. The number of carbonyl (C=O) groups is 1. The summed E-state index contributed by atoms with van der Waals surface area (Å²) in [6, 6.07) is 3.50. The molecule has 2 atom stereocenters. The van der Waals surface area contributed by atoms with Gasteiger partial charge >= 0.3 is 0 Å². The van der Waals surface area contributed by atoms with E-state index in [1.807, 2.05) is 0 Å². The van der Waals surface area contributed by atoms with Gasteiger partial charge in [-0.15, -0.1) is 0 Å². The van der Waals surface area contributed by atoms with E-state index in [1.165, 1.54) is 25.7 Å². The lowest BCUT2D eigenvalue weighted by Gasteiger charge is -2.26. The number of carbonyl (C=O) groups excluding carboxylic acids is 1. The number of rotatable bonds is 4. The Balaban J connectivity index is 1.86. The fourth-order valence-electron chi connectivity index (χ4n) is 2.82. The van der Waals surface area contributed by atoms with Gasteiger partial charge in [0.2, 0.25) is 0 Å². The van der Waals surface area contributed by atoms with Crippen LogP contribution in [0.1, 0.15) is 48.7 Å². The van der Waals surface area contributed by atoms with E-state index in [-0.39, 0.29) is 5.91 Å².